The zero-order chi connectivity index (χ0) is 14.3. The average Bonchev–Trinajstić information content (AvgIpc) is 3.00. The molecule has 3 heterocycles. The van der Waals surface area contributed by atoms with Crippen molar-refractivity contribution in [1.29, 1.82) is 0 Å². The molecule has 1 aromatic heterocycles. The molecule has 1 amide bonds. The van der Waals surface area contributed by atoms with Gasteiger partial charge in [-0.15, -0.1) is 0 Å². The summed E-state index contributed by atoms with van der Waals surface area (Å²) < 4.78 is 23.0. The zero-order valence-corrected chi connectivity index (χ0v) is 12.4. The van der Waals surface area contributed by atoms with E-state index in [1.165, 1.54) is 0 Å². The molecule has 1 aromatic rings. The van der Waals surface area contributed by atoms with Crippen LogP contribution >= 0.6 is 0 Å². The molecule has 0 saturated carbocycles. The maximum Gasteiger partial charge on any atom is 0.227 e. The molecule has 6 nitrogen and oxygen atoms in total. The molecule has 0 spiro atoms. The number of aromatic nitrogens is 2. The number of H-pyrrole nitrogens is 1. The van der Waals surface area contributed by atoms with Crippen molar-refractivity contribution in [2.24, 2.45) is 5.92 Å². The van der Waals surface area contributed by atoms with Gasteiger partial charge in [-0.1, -0.05) is 6.92 Å². The number of carbonyl (C=O) groups excluding carboxylic acids is 1. The Balaban J connectivity index is 1.75. The number of carbonyl (C=O) groups is 1. The van der Waals surface area contributed by atoms with E-state index < -0.39 is 9.84 Å². The molecule has 7 heteroatoms. The van der Waals surface area contributed by atoms with E-state index >= 15 is 0 Å². The highest BCUT2D eigenvalue weighted by Crippen LogP contribution is 2.25. The van der Waals surface area contributed by atoms with E-state index in [-0.39, 0.29) is 23.3 Å². The van der Waals surface area contributed by atoms with E-state index in [0.29, 0.717) is 19.5 Å². The average molecular weight is 297 g/mol. The van der Waals surface area contributed by atoms with Crippen LogP contribution in [0.15, 0.2) is 0 Å². The van der Waals surface area contributed by atoms with Gasteiger partial charge in [-0.05, 0) is 12.8 Å². The van der Waals surface area contributed by atoms with Crippen LogP contribution in [0.2, 0.25) is 0 Å². The lowest BCUT2D eigenvalue weighted by Crippen LogP contribution is -2.40. The minimum Gasteiger partial charge on any atom is -0.338 e. The number of aryl methyl sites for hydroxylation is 1. The minimum atomic E-state index is -3.01. The summed E-state index contributed by atoms with van der Waals surface area (Å²) in [6.07, 6.45) is 2.08. The van der Waals surface area contributed by atoms with E-state index in [4.69, 9.17) is 0 Å². The Kier molecular flexibility index (Phi) is 3.32. The lowest BCUT2D eigenvalue weighted by atomic mass is 10.0. The van der Waals surface area contributed by atoms with Crippen LogP contribution in [-0.2, 0) is 34.0 Å². The van der Waals surface area contributed by atoms with Crippen LogP contribution in [0.1, 0.15) is 30.3 Å². The summed E-state index contributed by atoms with van der Waals surface area (Å²) >= 11 is 0. The Labute approximate surface area is 118 Å². The topological polar surface area (TPSA) is 83.1 Å². The van der Waals surface area contributed by atoms with Crippen LogP contribution in [0.5, 0.6) is 0 Å². The Morgan fingerprint density at radius 2 is 2.30 bits per heavy atom. The zero-order valence-electron chi connectivity index (χ0n) is 11.6. The molecule has 1 fully saturated rings. The van der Waals surface area contributed by atoms with Gasteiger partial charge in [0.25, 0.3) is 0 Å². The largest absolute Gasteiger partial charge is 0.338 e. The summed E-state index contributed by atoms with van der Waals surface area (Å²) in [4.78, 5) is 14.2. The van der Waals surface area contributed by atoms with E-state index in [1.54, 1.807) is 4.90 Å². The van der Waals surface area contributed by atoms with Gasteiger partial charge in [-0.25, -0.2) is 8.42 Å². The SMILES string of the molecule is CCc1n[nH]c2c1CN(C(=O)[C@H]1CCS(=O)(=O)C1)CC2. The quantitative estimate of drug-likeness (QED) is 0.850. The molecule has 0 unspecified atom stereocenters. The monoisotopic (exact) mass is 297 g/mol. The van der Waals surface area contributed by atoms with Crippen molar-refractivity contribution in [3.05, 3.63) is 17.0 Å². The Morgan fingerprint density at radius 3 is 2.95 bits per heavy atom. The number of hydrogen-bond donors (Lipinski definition) is 1. The van der Waals surface area contributed by atoms with Crippen LogP contribution in [0.4, 0.5) is 0 Å². The number of hydrogen-bond acceptors (Lipinski definition) is 4. The summed E-state index contributed by atoms with van der Waals surface area (Å²) in [5.41, 5.74) is 3.24. The molecule has 20 heavy (non-hydrogen) atoms. The van der Waals surface area contributed by atoms with Crippen molar-refractivity contribution in [1.82, 2.24) is 15.1 Å². The summed E-state index contributed by atoms with van der Waals surface area (Å²) in [6.45, 7) is 3.25. The predicted octanol–water partition coefficient (Wildman–Crippen LogP) is 0.291. The first-order valence-corrected chi connectivity index (χ1v) is 8.86. The van der Waals surface area contributed by atoms with E-state index in [2.05, 4.69) is 10.2 Å². The smallest absolute Gasteiger partial charge is 0.227 e. The Morgan fingerprint density at radius 1 is 1.50 bits per heavy atom. The minimum absolute atomic E-state index is 0.0139. The molecule has 0 bridgehead atoms. The molecule has 1 saturated heterocycles. The number of fused-ring (bicyclic) bond motifs is 1. The number of nitrogens with one attached hydrogen (secondary N) is 1. The highest BCUT2D eigenvalue weighted by Gasteiger charge is 2.36. The molecular weight excluding hydrogens is 278 g/mol. The molecular formula is C13H19N3O3S. The maximum atomic E-state index is 12.5. The third-order valence-electron chi connectivity index (χ3n) is 4.25. The van der Waals surface area contributed by atoms with Crippen LogP contribution < -0.4 is 0 Å². The fourth-order valence-corrected chi connectivity index (χ4v) is 4.82. The standard InChI is InChI=1S/C13H19N3O3S/c1-2-11-10-7-16(5-3-12(10)15-14-11)13(17)9-4-6-20(18,19)8-9/h9H,2-8H2,1H3,(H,14,15)/t9-/m0/s1. The predicted molar refractivity (Wildman–Crippen MR) is 73.8 cm³/mol. The number of nitrogens with zero attached hydrogens (tertiary/aromatic N) is 2. The fraction of sp³-hybridized carbons (Fsp3) is 0.692. The van der Waals surface area contributed by atoms with Crippen LogP contribution in [0, 0.1) is 5.92 Å². The normalized spacial score (nSPS) is 24.6. The summed E-state index contributed by atoms with van der Waals surface area (Å²) in [7, 11) is -3.01. The van der Waals surface area contributed by atoms with Crippen LogP contribution in [-0.4, -0.2) is 47.5 Å². The summed E-state index contributed by atoms with van der Waals surface area (Å²) in [5, 5.41) is 7.31. The first-order valence-electron chi connectivity index (χ1n) is 7.04. The van der Waals surface area contributed by atoms with Crippen molar-refractivity contribution in [2.75, 3.05) is 18.1 Å². The molecule has 0 aliphatic carbocycles. The van der Waals surface area contributed by atoms with Gasteiger partial charge in [0.2, 0.25) is 5.91 Å². The van der Waals surface area contributed by atoms with Gasteiger partial charge in [0, 0.05) is 30.8 Å². The summed E-state index contributed by atoms with van der Waals surface area (Å²) in [6, 6.07) is 0. The van der Waals surface area contributed by atoms with Gasteiger partial charge >= 0.3 is 0 Å². The van der Waals surface area contributed by atoms with Crippen molar-refractivity contribution in [3.8, 4) is 0 Å². The first kappa shape index (κ1) is 13.6. The Hall–Kier alpha value is -1.37. The van der Waals surface area contributed by atoms with Gasteiger partial charge in [-0.3, -0.25) is 9.89 Å². The molecule has 2 aliphatic heterocycles. The van der Waals surface area contributed by atoms with E-state index in [9.17, 15) is 13.2 Å². The lowest BCUT2D eigenvalue weighted by Gasteiger charge is -2.29. The van der Waals surface area contributed by atoms with Crippen molar-refractivity contribution >= 4 is 15.7 Å². The second-order valence-electron chi connectivity index (χ2n) is 5.59. The Bertz CT molecular complexity index is 622. The van der Waals surface area contributed by atoms with Gasteiger partial charge < -0.3 is 4.90 Å². The van der Waals surface area contributed by atoms with Gasteiger partial charge in [0.05, 0.1) is 23.1 Å². The molecule has 0 aromatic carbocycles. The van der Waals surface area contributed by atoms with Crippen LogP contribution in [0.25, 0.3) is 0 Å². The van der Waals surface area contributed by atoms with E-state index in [1.807, 2.05) is 6.92 Å². The molecule has 1 N–H and O–H groups in total. The second-order valence-corrected chi connectivity index (χ2v) is 7.82. The van der Waals surface area contributed by atoms with Gasteiger partial charge in [0.15, 0.2) is 9.84 Å². The highest BCUT2D eigenvalue weighted by atomic mass is 32.2. The van der Waals surface area contributed by atoms with Gasteiger partial charge in [0.1, 0.15) is 0 Å². The molecule has 3 rings (SSSR count). The van der Waals surface area contributed by atoms with E-state index in [0.717, 1.165) is 29.8 Å². The number of rotatable bonds is 2. The van der Waals surface area contributed by atoms with Crippen molar-refractivity contribution in [2.45, 2.75) is 32.7 Å². The lowest BCUT2D eigenvalue weighted by molar-refractivity contribution is -0.135. The molecule has 1 atom stereocenters. The maximum absolute atomic E-state index is 12.5. The third-order valence-corrected chi connectivity index (χ3v) is 6.02. The summed E-state index contributed by atoms with van der Waals surface area (Å²) in [5.74, 6) is -0.200. The number of amides is 1. The molecule has 2 aliphatic rings. The molecule has 0 radical (unpaired) electrons. The molecule has 110 valence electrons. The van der Waals surface area contributed by atoms with Crippen molar-refractivity contribution in [3.63, 3.8) is 0 Å². The fourth-order valence-electron chi connectivity index (χ4n) is 3.08. The van der Waals surface area contributed by atoms with Crippen molar-refractivity contribution < 1.29 is 13.2 Å². The van der Waals surface area contributed by atoms with Crippen LogP contribution in [0.3, 0.4) is 0 Å². The second kappa shape index (κ2) is 4.87. The highest BCUT2D eigenvalue weighted by molar-refractivity contribution is 7.91. The number of aromatic amines is 1. The third kappa shape index (κ3) is 2.34. The van der Waals surface area contributed by atoms with Gasteiger partial charge in [-0.2, -0.15) is 5.10 Å². The number of sulfone groups is 1. The first-order chi connectivity index (χ1) is 9.50.